The summed E-state index contributed by atoms with van der Waals surface area (Å²) in [6, 6.07) is 52.2. The van der Waals surface area contributed by atoms with Gasteiger partial charge in [0.2, 0.25) is 6.29 Å². The average molecular weight is 1950 g/mol. The Morgan fingerprint density at radius 1 is 0.547 bits per heavy atom. The zero-order valence-electron chi connectivity index (χ0n) is 85.3. The summed E-state index contributed by atoms with van der Waals surface area (Å²) in [7, 11) is 0. The number of nitrogens with one attached hydrogen (secondary N) is 3. The number of hydrogen-bond acceptors (Lipinski definition) is 27. The van der Waals surface area contributed by atoms with Crippen molar-refractivity contribution in [2.45, 2.75) is 289 Å². The van der Waals surface area contributed by atoms with E-state index in [1.807, 2.05) is 139 Å². The number of hydrogen-bond donors (Lipinski definition) is 5. The molecule has 754 valence electrons. The molecule has 1 saturated heterocycles. The molecule has 0 bridgehead atoms. The average Bonchev–Trinajstić information content (AvgIpc) is 0.794. The molecule has 1 amide bonds. The van der Waals surface area contributed by atoms with Crippen molar-refractivity contribution in [2.75, 3.05) is 59.3 Å². The normalized spacial score (nSPS) is 15.4. The van der Waals surface area contributed by atoms with E-state index < -0.39 is 23.1 Å². The maximum absolute atomic E-state index is 12.1. The van der Waals surface area contributed by atoms with E-state index in [1.165, 1.54) is 41.8 Å². The molecule has 7 aromatic rings. The number of carbonyl (C=O) groups is 10. The number of piperidine rings is 1. The number of aromatic nitrogens is 4. The molecular formula is C104H155ClKN11O20. The van der Waals surface area contributed by atoms with E-state index in [0.29, 0.717) is 120 Å². The summed E-state index contributed by atoms with van der Waals surface area (Å²) in [6.45, 7) is 45.8. The number of benzene rings is 5. The van der Waals surface area contributed by atoms with Crippen LogP contribution in [0.25, 0.3) is 0 Å². The molecule has 5 aromatic carbocycles. The molecule has 0 aliphatic carbocycles. The van der Waals surface area contributed by atoms with E-state index in [2.05, 4.69) is 152 Å². The van der Waals surface area contributed by atoms with Crippen LogP contribution in [0.2, 0.25) is 0 Å². The summed E-state index contributed by atoms with van der Waals surface area (Å²) >= 11 is 0. The number of Topliss-reactive ketones (excluding diaryl/α,β-unsaturated/α-hetero) is 2. The minimum absolute atomic E-state index is 0. The second-order valence-electron chi connectivity index (χ2n) is 34.5. The number of H-pyrrole nitrogens is 2. The Kier molecular flexibility index (Phi) is 68.3. The molecule has 3 aliphatic rings. The smallest absolute Gasteiger partial charge is 0.850 e. The van der Waals surface area contributed by atoms with E-state index in [-0.39, 0.29) is 178 Å². The first-order valence-corrected chi connectivity index (χ1v) is 46.6. The van der Waals surface area contributed by atoms with Crippen LogP contribution in [0.4, 0.5) is 4.79 Å². The van der Waals surface area contributed by atoms with Crippen LogP contribution in [0.1, 0.15) is 284 Å². The number of nitrogens with two attached hydrogens (primary N) is 2. The van der Waals surface area contributed by atoms with Crippen LogP contribution >= 0.6 is 12.4 Å². The van der Waals surface area contributed by atoms with Crippen molar-refractivity contribution in [2.24, 2.45) is 23.3 Å². The van der Waals surface area contributed by atoms with E-state index >= 15 is 0 Å². The number of nitrogens with zero attached hydrogens (tertiary/aromatic N) is 6. The minimum atomic E-state index is -0.803. The fraction of sp³-hybridized carbons (Fsp3) is 0.529. The molecule has 7 N–H and O–H groups in total. The summed E-state index contributed by atoms with van der Waals surface area (Å²) in [6.07, 6.45) is 9.25. The van der Waals surface area contributed by atoms with Crippen molar-refractivity contribution < 1.29 is 138 Å². The zero-order chi connectivity index (χ0) is 102. The van der Waals surface area contributed by atoms with Crippen molar-refractivity contribution in [3.05, 3.63) is 235 Å². The maximum Gasteiger partial charge on any atom is 1.00 e. The summed E-state index contributed by atoms with van der Waals surface area (Å²) in [5.74, 6) is -1.48. The summed E-state index contributed by atoms with van der Waals surface area (Å²) in [5, 5.41) is 16.0. The fourth-order valence-electron chi connectivity index (χ4n) is 14.1. The molecule has 10 unspecified atom stereocenters. The molecule has 33 heteroatoms. The van der Waals surface area contributed by atoms with Crippen LogP contribution in [0.5, 0.6) is 0 Å². The molecule has 0 radical (unpaired) electrons. The van der Waals surface area contributed by atoms with Crippen molar-refractivity contribution in [1.82, 2.24) is 39.5 Å². The second kappa shape index (κ2) is 72.4. The summed E-state index contributed by atoms with van der Waals surface area (Å²) in [5.41, 5.74) is 17.9. The largest absolute Gasteiger partial charge is 1.00 e. The van der Waals surface area contributed by atoms with E-state index in [1.54, 1.807) is 60.3 Å². The Morgan fingerprint density at radius 3 is 1.34 bits per heavy atom. The Morgan fingerprint density at radius 2 is 0.942 bits per heavy atom. The molecule has 137 heavy (non-hydrogen) atoms. The molecular weight excluding hydrogens is 1800 g/mol. The SMILES string of the molecule is CC(C)(C)[O-].CC(N)c1ccccc1.CC1Cc2c(nc[nH]c2=O)CN1C(=O)OC(C)(C)C.CC1Cc2c(nc[nH]c2=O)CN1C(C)c1ccccc1.CCOC(=O)C1CCN(C(C)c2ccccc2)CC1=O.CCOC(=O)C=O.CCOC(=O)CCC(C)=O.CCOC(=O)CCC(C)CC(C)c1ccccc1.CCOC(=O)CCC(C)N(CC(=O)OCC)C(C)c1ccccc1.Cl.N=CN.[K+]. The van der Waals surface area contributed by atoms with Gasteiger partial charge in [0.15, 0.2) is 5.78 Å². The predicted octanol–water partition coefficient (Wildman–Crippen LogP) is 12.9. The summed E-state index contributed by atoms with van der Waals surface area (Å²) < 4.78 is 34.1. The molecule has 3 aliphatic heterocycles. The topological polar surface area (TPSA) is 439 Å². The maximum atomic E-state index is 12.1. The third-order valence-electron chi connectivity index (χ3n) is 21.1. The van der Waals surface area contributed by atoms with Gasteiger partial charge in [-0.3, -0.25) is 68.2 Å². The molecule has 10 rings (SSSR count). The number of carbonyl (C=O) groups excluding carboxylic acids is 10. The molecule has 1 fully saturated rings. The van der Waals surface area contributed by atoms with Gasteiger partial charge < -0.3 is 64.5 Å². The number of esters is 6. The minimum Gasteiger partial charge on any atom is -0.850 e. The number of likely N-dealkylation sites (tertiary alicyclic amines) is 1. The van der Waals surface area contributed by atoms with Gasteiger partial charge in [-0.1, -0.05) is 186 Å². The Labute approximate surface area is 861 Å². The van der Waals surface area contributed by atoms with Gasteiger partial charge in [0.1, 0.15) is 17.3 Å². The number of rotatable bonds is 30. The van der Waals surface area contributed by atoms with Crippen LogP contribution in [0, 0.1) is 17.2 Å². The Balaban J connectivity index is 0. The Hall–Kier alpha value is -9.84. The van der Waals surface area contributed by atoms with Crippen molar-refractivity contribution in [1.29, 1.82) is 5.41 Å². The first-order valence-electron chi connectivity index (χ1n) is 46.6. The number of aldehydes is 1. The molecule has 31 nitrogen and oxygen atoms in total. The first-order chi connectivity index (χ1) is 63.9. The molecule has 0 saturated carbocycles. The molecule has 2 aromatic heterocycles. The monoisotopic (exact) mass is 1950 g/mol. The Bertz CT molecular complexity index is 4700. The number of amides is 1. The number of aromatic amines is 2. The third kappa shape index (κ3) is 55.5. The van der Waals surface area contributed by atoms with Crippen LogP contribution in [-0.2, 0) is 102 Å². The van der Waals surface area contributed by atoms with Crippen molar-refractivity contribution in [3.63, 3.8) is 0 Å². The van der Waals surface area contributed by atoms with Crippen molar-refractivity contribution >= 4 is 78.5 Å². The summed E-state index contributed by atoms with van der Waals surface area (Å²) in [4.78, 5) is 156. The van der Waals surface area contributed by atoms with Gasteiger partial charge in [0, 0.05) is 92.2 Å². The fourth-order valence-corrected chi connectivity index (χ4v) is 14.1. The molecule has 5 heterocycles. The van der Waals surface area contributed by atoms with Crippen LogP contribution in [0.3, 0.4) is 0 Å². The van der Waals surface area contributed by atoms with E-state index in [0.717, 1.165) is 55.5 Å². The number of fused-ring (bicyclic) bond motifs is 2. The predicted molar refractivity (Wildman–Crippen MR) is 531 cm³/mol. The van der Waals surface area contributed by atoms with Gasteiger partial charge in [0.05, 0.1) is 96.1 Å². The number of halogens is 1. The molecule has 0 spiro atoms. The second-order valence-corrected chi connectivity index (χ2v) is 34.5. The van der Waals surface area contributed by atoms with Gasteiger partial charge in [-0.2, -0.15) is 0 Å². The standard InChI is InChI=1S/C19H29NO4.C16H19N3O.C16H21NO3.C16H24O2.C13H19N3O3.C8H11N.C7H12O3.C4H6O3.C4H9O.CH4N2.ClH.K/c1-5-23-18(21)13-12-15(3)20(14-19(22)24-6-2)16(4)17-10-8-7-9-11-17;1-11-8-14-15(17-10-18-16(14)20)9-19(11)12(2)13-6-4-3-5-7-13;1-3-20-16(19)14-9-10-17(11-15(14)18)12(2)13-7-5-4-6-8-13;1-4-18-16(17)11-10-13(2)12-14(3)15-8-6-5-7-9-15;1-8-5-9-10(14-7-15-11(9)17)6-16(8)12(18)19-13(2,3)4;1-7(9)8-5-3-2-4-6-8;1-3-10-7(9)5-4-6(2)8;1-2-7-4(6)3-5;1-4(2,3)5;2-1-3;;/h7-11,15-16H,5-6,12-14H2,1-4H3;3-7,10-12H,8-9H2,1-2H3,(H,17,18,20);4-8,12,14H,3,9-11H2,1-2H3;5-9,13-14H,4,10-12H2,1-3H3;7-8H,5-6H2,1-4H3,(H,14,15,17);2-7H,9H2,1H3;3-5H2,1-2H3;3H,2H2,1H3;1-3H3;1H,(H3,2,3);1H;/q;;;;;;;;-1;;;+1. The quantitative estimate of drug-likeness (QED) is 0.00408. The first kappa shape index (κ1) is 129. The van der Waals surface area contributed by atoms with Crippen LogP contribution in [-0.4, -0.2) is 194 Å². The van der Waals surface area contributed by atoms with Crippen molar-refractivity contribution in [3.8, 4) is 0 Å². The number of ether oxygens (including phenoxy) is 7. The van der Waals surface area contributed by atoms with Gasteiger partial charge in [0.25, 0.3) is 11.1 Å². The number of ketones is 2. The van der Waals surface area contributed by atoms with Crippen LogP contribution in [0.15, 0.2) is 174 Å². The third-order valence-corrected chi connectivity index (χ3v) is 21.1. The van der Waals surface area contributed by atoms with E-state index in [9.17, 15) is 62.6 Å². The molecule has 10 atom stereocenters. The van der Waals surface area contributed by atoms with Gasteiger partial charge >= 0.3 is 93.3 Å². The van der Waals surface area contributed by atoms with Gasteiger partial charge in [-0.05, 0) is 189 Å². The van der Waals surface area contributed by atoms with Gasteiger partial charge in [-0.15, -0.1) is 18.0 Å². The zero-order valence-corrected chi connectivity index (χ0v) is 89.2. The van der Waals surface area contributed by atoms with Crippen LogP contribution < -0.4 is 79.1 Å². The van der Waals surface area contributed by atoms with E-state index in [4.69, 9.17) is 34.8 Å². The van der Waals surface area contributed by atoms with Gasteiger partial charge in [-0.25, -0.2) is 19.6 Å².